The maximum absolute atomic E-state index is 3.69. The van der Waals surface area contributed by atoms with E-state index in [2.05, 4.69) is 38.3 Å². The van der Waals surface area contributed by atoms with Crippen molar-refractivity contribution in [2.24, 2.45) is 0 Å². The Morgan fingerprint density at radius 2 is 1.79 bits per heavy atom. The summed E-state index contributed by atoms with van der Waals surface area (Å²) in [6.07, 6.45) is 5.44. The summed E-state index contributed by atoms with van der Waals surface area (Å²) in [5, 5.41) is 7.20. The molecule has 0 unspecified atom stereocenters. The third-order valence-electron chi connectivity index (χ3n) is 3.27. The second kappa shape index (κ2) is 4.63. The van der Waals surface area contributed by atoms with Gasteiger partial charge in [0.1, 0.15) is 0 Å². The Hall–Kier alpha value is -0.0800. The van der Waals surface area contributed by atoms with E-state index in [0.29, 0.717) is 5.54 Å². The molecular formula is C12H26N2. The molecule has 0 aromatic heterocycles. The molecule has 84 valence electrons. The highest BCUT2D eigenvalue weighted by molar-refractivity contribution is 4.94. The van der Waals surface area contributed by atoms with Gasteiger partial charge in [0.15, 0.2) is 0 Å². The van der Waals surface area contributed by atoms with E-state index >= 15 is 0 Å². The zero-order valence-electron chi connectivity index (χ0n) is 10.2. The summed E-state index contributed by atoms with van der Waals surface area (Å²) < 4.78 is 0. The molecule has 0 radical (unpaired) electrons. The normalized spacial score (nSPS) is 20.6. The van der Waals surface area contributed by atoms with Crippen LogP contribution < -0.4 is 10.6 Å². The van der Waals surface area contributed by atoms with E-state index in [1.54, 1.807) is 0 Å². The molecule has 0 aliphatic heterocycles. The van der Waals surface area contributed by atoms with E-state index in [1.807, 2.05) is 0 Å². The number of nitrogens with one attached hydrogen (secondary N) is 2. The van der Waals surface area contributed by atoms with Gasteiger partial charge in [-0.05, 0) is 46.5 Å². The van der Waals surface area contributed by atoms with Crippen LogP contribution in [-0.2, 0) is 0 Å². The SMILES string of the molecule is CCC1(NCCNC(C)(C)C)CCC1. The Morgan fingerprint density at radius 1 is 1.14 bits per heavy atom. The molecule has 2 nitrogen and oxygen atoms in total. The Kier molecular flexibility index (Phi) is 3.96. The van der Waals surface area contributed by atoms with Gasteiger partial charge < -0.3 is 10.6 Å². The summed E-state index contributed by atoms with van der Waals surface area (Å²) in [6, 6.07) is 0. The predicted molar refractivity (Wildman–Crippen MR) is 62.6 cm³/mol. The predicted octanol–water partition coefficient (Wildman–Crippen LogP) is 2.30. The van der Waals surface area contributed by atoms with E-state index < -0.39 is 0 Å². The molecule has 0 heterocycles. The molecule has 0 bridgehead atoms. The van der Waals surface area contributed by atoms with Gasteiger partial charge in [-0.3, -0.25) is 0 Å². The van der Waals surface area contributed by atoms with E-state index in [4.69, 9.17) is 0 Å². The minimum absolute atomic E-state index is 0.251. The van der Waals surface area contributed by atoms with Crippen molar-refractivity contribution in [3.63, 3.8) is 0 Å². The monoisotopic (exact) mass is 198 g/mol. The molecule has 1 fully saturated rings. The maximum Gasteiger partial charge on any atom is 0.0179 e. The first kappa shape index (κ1) is 12.0. The summed E-state index contributed by atoms with van der Waals surface area (Å²) in [5.74, 6) is 0. The van der Waals surface area contributed by atoms with Crippen molar-refractivity contribution in [1.82, 2.24) is 10.6 Å². The molecule has 1 aliphatic carbocycles. The average molecular weight is 198 g/mol. The van der Waals surface area contributed by atoms with Crippen LogP contribution in [0.5, 0.6) is 0 Å². The molecule has 0 aromatic rings. The summed E-state index contributed by atoms with van der Waals surface area (Å²) in [4.78, 5) is 0. The van der Waals surface area contributed by atoms with Gasteiger partial charge >= 0.3 is 0 Å². The van der Waals surface area contributed by atoms with Crippen molar-refractivity contribution in [3.8, 4) is 0 Å². The second-order valence-corrected chi connectivity index (χ2v) is 5.59. The third-order valence-corrected chi connectivity index (χ3v) is 3.27. The summed E-state index contributed by atoms with van der Waals surface area (Å²) >= 11 is 0. The highest BCUT2D eigenvalue weighted by atomic mass is 15.0. The number of hydrogen-bond acceptors (Lipinski definition) is 2. The molecule has 0 spiro atoms. The van der Waals surface area contributed by atoms with Crippen molar-refractivity contribution in [2.45, 2.75) is 64.5 Å². The van der Waals surface area contributed by atoms with Crippen molar-refractivity contribution >= 4 is 0 Å². The molecule has 1 rings (SSSR count). The van der Waals surface area contributed by atoms with Gasteiger partial charge in [0.25, 0.3) is 0 Å². The van der Waals surface area contributed by atoms with Crippen LogP contribution in [0.2, 0.25) is 0 Å². The summed E-state index contributed by atoms with van der Waals surface area (Å²) in [6.45, 7) is 11.1. The third kappa shape index (κ3) is 3.58. The highest BCUT2D eigenvalue weighted by Crippen LogP contribution is 2.34. The molecule has 1 saturated carbocycles. The average Bonchev–Trinajstić information content (AvgIpc) is 2.00. The van der Waals surface area contributed by atoms with Gasteiger partial charge in [0.2, 0.25) is 0 Å². The molecule has 0 aromatic carbocycles. The van der Waals surface area contributed by atoms with Gasteiger partial charge in [0, 0.05) is 24.2 Å². The van der Waals surface area contributed by atoms with Crippen molar-refractivity contribution < 1.29 is 0 Å². The molecule has 0 atom stereocenters. The van der Waals surface area contributed by atoms with Gasteiger partial charge in [-0.15, -0.1) is 0 Å². The van der Waals surface area contributed by atoms with Crippen LogP contribution >= 0.6 is 0 Å². The zero-order valence-corrected chi connectivity index (χ0v) is 10.2. The number of rotatable bonds is 5. The van der Waals surface area contributed by atoms with Crippen LogP contribution in [0.25, 0.3) is 0 Å². The molecule has 2 N–H and O–H groups in total. The number of hydrogen-bond donors (Lipinski definition) is 2. The largest absolute Gasteiger partial charge is 0.311 e. The van der Waals surface area contributed by atoms with E-state index in [0.717, 1.165) is 13.1 Å². The first-order chi connectivity index (χ1) is 6.47. The highest BCUT2D eigenvalue weighted by Gasteiger charge is 2.33. The van der Waals surface area contributed by atoms with Crippen molar-refractivity contribution in [1.29, 1.82) is 0 Å². The zero-order chi connectivity index (χ0) is 10.7. The minimum atomic E-state index is 0.251. The standard InChI is InChI=1S/C12H26N2/c1-5-12(7-6-8-12)14-10-9-13-11(2,3)4/h13-14H,5-10H2,1-4H3. The van der Waals surface area contributed by atoms with Gasteiger partial charge in [0.05, 0.1) is 0 Å². The molecule has 0 saturated heterocycles. The Morgan fingerprint density at radius 3 is 2.14 bits per heavy atom. The fourth-order valence-electron chi connectivity index (χ4n) is 2.02. The lowest BCUT2D eigenvalue weighted by molar-refractivity contribution is 0.177. The Balaban J connectivity index is 2.09. The van der Waals surface area contributed by atoms with E-state index in [9.17, 15) is 0 Å². The molecule has 1 aliphatic rings. The molecule has 14 heavy (non-hydrogen) atoms. The first-order valence-corrected chi connectivity index (χ1v) is 5.97. The van der Waals surface area contributed by atoms with Crippen molar-refractivity contribution in [3.05, 3.63) is 0 Å². The topological polar surface area (TPSA) is 24.1 Å². The summed E-state index contributed by atoms with van der Waals surface area (Å²) in [7, 11) is 0. The summed E-state index contributed by atoms with van der Waals surface area (Å²) in [5.41, 5.74) is 0.750. The quantitative estimate of drug-likeness (QED) is 0.662. The smallest absolute Gasteiger partial charge is 0.0179 e. The first-order valence-electron chi connectivity index (χ1n) is 5.97. The van der Waals surface area contributed by atoms with E-state index in [-0.39, 0.29) is 5.54 Å². The molecular weight excluding hydrogens is 172 g/mol. The van der Waals surface area contributed by atoms with Crippen LogP contribution in [0.1, 0.15) is 53.4 Å². The molecule has 0 amide bonds. The van der Waals surface area contributed by atoms with Crippen LogP contribution in [0.4, 0.5) is 0 Å². The van der Waals surface area contributed by atoms with Crippen LogP contribution in [0, 0.1) is 0 Å². The lowest BCUT2D eigenvalue weighted by Gasteiger charge is -2.42. The van der Waals surface area contributed by atoms with Gasteiger partial charge in [-0.25, -0.2) is 0 Å². The van der Waals surface area contributed by atoms with Crippen LogP contribution in [-0.4, -0.2) is 24.2 Å². The second-order valence-electron chi connectivity index (χ2n) is 5.59. The molecule has 2 heteroatoms. The Bertz CT molecular complexity index is 160. The Labute approximate surface area is 88.8 Å². The van der Waals surface area contributed by atoms with Gasteiger partial charge in [-0.1, -0.05) is 6.92 Å². The minimum Gasteiger partial charge on any atom is -0.311 e. The van der Waals surface area contributed by atoms with Crippen LogP contribution in [0.15, 0.2) is 0 Å². The lowest BCUT2D eigenvalue weighted by atomic mass is 9.75. The fourth-order valence-corrected chi connectivity index (χ4v) is 2.02. The van der Waals surface area contributed by atoms with Crippen molar-refractivity contribution in [2.75, 3.05) is 13.1 Å². The fraction of sp³-hybridized carbons (Fsp3) is 1.00. The van der Waals surface area contributed by atoms with Crippen LogP contribution in [0.3, 0.4) is 0 Å². The maximum atomic E-state index is 3.69. The van der Waals surface area contributed by atoms with Gasteiger partial charge in [-0.2, -0.15) is 0 Å². The lowest BCUT2D eigenvalue weighted by Crippen LogP contribution is -2.53. The van der Waals surface area contributed by atoms with E-state index in [1.165, 1.54) is 25.7 Å².